The maximum absolute atomic E-state index is 12.7. The fraction of sp³-hybridized carbons (Fsp3) is 0.333. The molecule has 2 aromatic rings. The number of halogens is 1. The highest BCUT2D eigenvalue weighted by atomic mass is 35.5. The molecular formula is C18H22ClNO3S. The molecule has 2 rings (SSSR count). The second-order valence-electron chi connectivity index (χ2n) is 6.04. The lowest BCUT2D eigenvalue weighted by atomic mass is 9.96. The van der Waals surface area contributed by atoms with Gasteiger partial charge in [-0.15, -0.1) is 0 Å². The van der Waals surface area contributed by atoms with Gasteiger partial charge in [-0.3, -0.25) is 0 Å². The summed E-state index contributed by atoms with van der Waals surface area (Å²) in [6.45, 7) is 5.56. The maximum Gasteiger partial charge on any atom is 0.240 e. The highest BCUT2D eigenvalue weighted by molar-refractivity contribution is 7.89. The zero-order valence-corrected chi connectivity index (χ0v) is 15.8. The van der Waals surface area contributed by atoms with Crippen LogP contribution in [0.3, 0.4) is 0 Å². The van der Waals surface area contributed by atoms with E-state index in [1.54, 1.807) is 38.3 Å². The lowest BCUT2D eigenvalue weighted by Crippen LogP contribution is -2.40. The predicted octanol–water partition coefficient (Wildman–Crippen LogP) is 3.80. The van der Waals surface area contributed by atoms with Crippen LogP contribution in [0.5, 0.6) is 0 Å². The summed E-state index contributed by atoms with van der Waals surface area (Å²) in [4.78, 5) is 0.284. The van der Waals surface area contributed by atoms with Crippen LogP contribution in [0.1, 0.15) is 23.6 Å². The average molecular weight is 368 g/mol. The SMILES string of the molecule is CO[C@@](C)(CNS(=O)(=O)c1cc(C)ccc1C)c1cccc(Cl)c1. The van der Waals surface area contributed by atoms with Crippen molar-refractivity contribution in [3.8, 4) is 0 Å². The first-order valence-corrected chi connectivity index (χ1v) is 9.42. The number of hydrogen-bond acceptors (Lipinski definition) is 3. The van der Waals surface area contributed by atoms with Gasteiger partial charge >= 0.3 is 0 Å². The first-order valence-electron chi connectivity index (χ1n) is 7.56. The molecule has 0 aliphatic heterocycles. The Morgan fingerprint density at radius 1 is 1.17 bits per heavy atom. The van der Waals surface area contributed by atoms with Crippen LogP contribution in [-0.4, -0.2) is 22.1 Å². The molecule has 6 heteroatoms. The zero-order valence-electron chi connectivity index (χ0n) is 14.3. The second kappa shape index (κ2) is 7.23. The van der Waals surface area contributed by atoms with Gasteiger partial charge in [0.1, 0.15) is 5.60 Å². The Morgan fingerprint density at radius 2 is 1.88 bits per heavy atom. The Bertz CT molecular complexity index is 836. The molecule has 0 aliphatic carbocycles. The quantitative estimate of drug-likeness (QED) is 0.844. The number of methoxy groups -OCH3 is 1. The highest BCUT2D eigenvalue weighted by Gasteiger charge is 2.29. The van der Waals surface area contributed by atoms with E-state index < -0.39 is 15.6 Å². The monoisotopic (exact) mass is 367 g/mol. The lowest BCUT2D eigenvalue weighted by molar-refractivity contribution is 0.00698. The molecule has 1 atom stereocenters. The van der Waals surface area contributed by atoms with E-state index in [9.17, 15) is 8.42 Å². The molecule has 0 aromatic heterocycles. The normalized spacial score (nSPS) is 14.4. The number of benzene rings is 2. The van der Waals surface area contributed by atoms with Crippen molar-refractivity contribution in [2.45, 2.75) is 31.3 Å². The zero-order chi connectivity index (χ0) is 18.0. The van der Waals surface area contributed by atoms with Crippen LogP contribution < -0.4 is 4.72 Å². The molecule has 130 valence electrons. The third kappa shape index (κ3) is 4.16. The third-order valence-corrected chi connectivity index (χ3v) is 5.90. The van der Waals surface area contributed by atoms with E-state index in [2.05, 4.69) is 4.72 Å². The van der Waals surface area contributed by atoms with Gasteiger partial charge in [0.25, 0.3) is 0 Å². The first-order chi connectivity index (χ1) is 11.2. The molecule has 0 saturated carbocycles. The second-order valence-corrected chi connectivity index (χ2v) is 8.21. The minimum Gasteiger partial charge on any atom is -0.372 e. The average Bonchev–Trinajstić information content (AvgIpc) is 2.55. The molecule has 0 saturated heterocycles. The van der Waals surface area contributed by atoms with Crippen molar-refractivity contribution in [3.05, 3.63) is 64.2 Å². The van der Waals surface area contributed by atoms with Crippen LogP contribution >= 0.6 is 11.6 Å². The molecule has 4 nitrogen and oxygen atoms in total. The number of hydrogen-bond donors (Lipinski definition) is 1. The van der Waals surface area contributed by atoms with Crippen LogP contribution in [0.4, 0.5) is 0 Å². The van der Waals surface area contributed by atoms with Crippen molar-refractivity contribution in [1.29, 1.82) is 0 Å². The van der Waals surface area contributed by atoms with Crippen molar-refractivity contribution < 1.29 is 13.2 Å². The molecule has 0 amide bonds. The third-order valence-electron chi connectivity index (χ3n) is 4.12. The predicted molar refractivity (Wildman–Crippen MR) is 96.9 cm³/mol. The molecule has 0 unspecified atom stereocenters. The van der Waals surface area contributed by atoms with Crippen LogP contribution in [0, 0.1) is 13.8 Å². The summed E-state index contributed by atoms with van der Waals surface area (Å²) in [5, 5.41) is 0.577. The van der Waals surface area contributed by atoms with Gasteiger partial charge in [-0.1, -0.05) is 35.9 Å². The first kappa shape index (κ1) is 18.9. The molecular weight excluding hydrogens is 346 g/mol. The molecule has 24 heavy (non-hydrogen) atoms. The summed E-state index contributed by atoms with van der Waals surface area (Å²) in [5.74, 6) is 0. The molecule has 0 aliphatic rings. The molecule has 0 fully saturated rings. The Balaban J connectivity index is 2.28. The number of nitrogens with one attached hydrogen (secondary N) is 1. The minimum atomic E-state index is -3.64. The Morgan fingerprint density at radius 3 is 2.50 bits per heavy atom. The summed E-state index contributed by atoms with van der Waals surface area (Å²) < 4.78 is 33.6. The van der Waals surface area contributed by atoms with Gasteiger partial charge in [-0.25, -0.2) is 13.1 Å². The van der Waals surface area contributed by atoms with E-state index in [1.807, 2.05) is 32.0 Å². The van der Waals surface area contributed by atoms with Gasteiger partial charge in [0.05, 0.1) is 4.90 Å². The Labute approximate surface area is 148 Å². The molecule has 2 aromatic carbocycles. The van der Waals surface area contributed by atoms with E-state index in [-0.39, 0.29) is 11.4 Å². The summed E-state index contributed by atoms with van der Waals surface area (Å²) >= 11 is 6.04. The fourth-order valence-electron chi connectivity index (χ4n) is 2.42. The fourth-order valence-corrected chi connectivity index (χ4v) is 4.06. The van der Waals surface area contributed by atoms with E-state index in [0.717, 1.165) is 11.1 Å². The highest BCUT2D eigenvalue weighted by Crippen LogP contribution is 2.27. The Kier molecular flexibility index (Phi) is 5.71. The summed E-state index contributed by atoms with van der Waals surface area (Å²) in [6.07, 6.45) is 0. The van der Waals surface area contributed by atoms with Gasteiger partial charge in [-0.2, -0.15) is 0 Å². The van der Waals surface area contributed by atoms with Crippen molar-refractivity contribution >= 4 is 21.6 Å². The topological polar surface area (TPSA) is 55.4 Å². The van der Waals surface area contributed by atoms with Gasteiger partial charge in [0.15, 0.2) is 0 Å². The van der Waals surface area contributed by atoms with Gasteiger partial charge in [0, 0.05) is 18.7 Å². The lowest BCUT2D eigenvalue weighted by Gasteiger charge is -2.29. The molecule has 0 spiro atoms. The Hall–Kier alpha value is -1.40. The van der Waals surface area contributed by atoms with Gasteiger partial charge < -0.3 is 4.74 Å². The molecule has 1 N–H and O–H groups in total. The standard InChI is InChI=1S/C18H22ClNO3S/c1-13-8-9-14(2)17(10-13)24(21,22)20-12-18(3,23-4)15-6-5-7-16(19)11-15/h5-11,20H,12H2,1-4H3/t18-/m0/s1. The van der Waals surface area contributed by atoms with Crippen molar-refractivity contribution in [1.82, 2.24) is 4.72 Å². The smallest absolute Gasteiger partial charge is 0.240 e. The van der Waals surface area contributed by atoms with E-state index >= 15 is 0 Å². The summed E-state index contributed by atoms with van der Waals surface area (Å²) in [5.41, 5.74) is 1.58. The summed E-state index contributed by atoms with van der Waals surface area (Å²) in [6, 6.07) is 12.6. The van der Waals surface area contributed by atoms with Crippen LogP contribution in [0.15, 0.2) is 47.4 Å². The number of aryl methyl sites for hydroxylation is 2. The van der Waals surface area contributed by atoms with Crippen molar-refractivity contribution in [3.63, 3.8) is 0 Å². The number of rotatable bonds is 6. The van der Waals surface area contributed by atoms with Crippen LogP contribution in [-0.2, 0) is 20.4 Å². The molecule has 0 bridgehead atoms. The largest absolute Gasteiger partial charge is 0.372 e. The number of sulfonamides is 1. The van der Waals surface area contributed by atoms with Crippen LogP contribution in [0.25, 0.3) is 0 Å². The van der Waals surface area contributed by atoms with E-state index in [0.29, 0.717) is 10.6 Å². The summed E-state index contributed by atoms with van der Waals surface area (Å²) in [7, 11) is -2.09. The van der Waals surface area contributed by atoms with Crippen molar-refractivity contribution in [2.75, 3.05) is 13.7 Å². The van der Waals surface area contributed by atoms with Crippen LogP contribution in [0.2, 0.25) is 5.02 Å². The molecule has 0 heterocycles. The van der Waals surface area contributed by atoms with E-state index in [1.165, 1.54) is 0 Å². The number of ether oxygens (including phenoxy) is 1. The van der Waals surface area contributed by atoms with E-state index in [4.69, 9.17) is 16.3 Å². The minimum absolute atomic E-state index is 0.0968. The molecule has 0 radical (unpaired) electrons. The van der Waals surface area contributed by atoms with Gasteiger partial charge in [-0.05, 0) is 55.7 Å². The van der Waals surface area contributed by atoms with Gasteiger partial charge in [0.2, 0.25) is 10.0 Å². The maximum atomic E-state index is 12.7. The van der Waals surface area contributed by atoms with Crippen molar-refractivity contribution in [2.24, 2.45) is 0 Å².